The normalized spacial score (nSPS) is 13.3. The molecule has 0 radical (unpaired) electrons. The molecule has 0 atom stereocenters. The van der Waals surface area contributed by atoms with Crippen molar-refractivity contribution in [1.82, 2.24) is 4.98 Å². The van der Waals surface area contributed by atoms with Gasteiger partial charge in [-0.25, -0.2) is 4.98 Å². The third kappa shape index (κ3) is 3.05. The van der Waals surface area contributed by atoms with Crippen LogP contribution in [0, 0.1) is 13.8 Å². The molecule has 1 aliphatic rings. The molecule has 0 unspecified atom stereocenters. The highest BCUT2D eigenvalue weighted by Gasteiger charge is 2.29. The van der Waals surface area contributed by atoms with E-state index in [1.165, 1.54) is 4.90 Å². The van der Waals surface area contributed by atoms with Gasteiger partial charge in [0.05, 0.1) is 5.69 Å². The second kappa shape index (κ2) is 6.49. The van der Waals surface area contributed by atoms with Gasteiger partial charge in [0.25, 0.3) is 5.91 Å². The van der Waals surface area contributed by atoms with Crippen molar-refractivity contribution >= 4 is 34.9 Å². The summed E-state index contributed by atoms with van der Waals surface area (Å²) in [6.07, 6.45) is 1.61. The number of aryl methyl sites for hydroxylation is 1. The van der Waals surface area contributed by atoms with Crippen LogP contribution < -0.4 is 15.0 Å². The first-order valence-corrected chi connectivity index (χ1v) is 7.79. The molecule has 1 N–H and O–H groups in total. The molecule has 2 heterocycles. The van der Waals surface area contributed by atoms with Crippen molar-refractivity contribution in [1.29, 1.82) is 0 Å². The number of pyridine rings is 1. The molecular weight excluding hydrogens is 330 g/mol. The number of benzene rings is 1. The standard InChI is InChI=1S/C17H16ClN3O3/c1-10-6-7-19-17-16(10)20-14(22)8-21(17)15(23)9-24-13-5-3-4-12(18)11(13)2/h3-7H,8-9H2,1-2H3,(H,20,22). The molecule has 0 fully saturated rings. The Morgan fingerprint density at radius 3 is 2.96 bits per heavy atom. The zero-order valence-corrected chi connectivity index (χ0v) is 14.1. The molecule has 3 rings (SSSR count). The maximum Gasteiger partial charge on any atom is 0.266 e. The van der Waals surface area contributed by atoms with Gasteiger partial charge in [0, 0.05) is 16.8 Å². The molecule has 0 aliphatic carbocycles. The Morgan fingerprint density at radius 2 is 2.17 bits per heavy atom. The van der Waals surface area contributed by atoms with E-state index in [4.69, 9.17) is 16.3 Å². The lowest BCUT2D eigenvalue weighted by Crippen LogP contribution is -2.45. The number of halogens is 1. The Bertz CT molecular complexity index is 823. The number of hydrogen-bond donors (Lipinski definition) is 1. The molecule has 0 saturated heterocycles. The molecule has 1 aromatic heterocycles. The van der Waals surface area contributed by atoms with Crippen LogP contribution in [0.4, 0.5) is 11.5 Å². The van der Waals surface area contributed by atoms with Crippen molar-refractivity contribution in [3.05, 3.63) is 46.6 Å². The summed E-state index contributed by atoms with van der Waals surface area (Å²) in [6, 6.07) is 7.03. The van der Waals surface area contributed by atoms with E-state index >= 15 is 0 Å². The zero-order chi connectivity index (χ0) is 17.3. The van der Waals surface area contributed by atoms with Crippen LogP contribution >= 0.6 is 11.6 Å². The fraction of sp³-hybridized carbons (Fsp3) is 0.235. The van der Waals surface area contributed by atoms with Gasteiger partial charge in [-0.2, -0.15) is 0 Å². The number of aromatic nitrogens is 1. The summed E-state index contributed by atoms with van der Waals surface area (Å²) in [7, 11) is 0. The summed E-state index contributed by atoms with van der Waals surface area (Å²) >= 11 is 6.04. The highest BCUT2D eigenvalue weighted by Crippen LogP contribution is 2.30. The molecule has 6 nitrogen and oxygen atoms in total. The van der Waals surface area contributed by atoms with E-state index in [-0.39, 0.29) is 25.0 Å². The molecule has 2 aromatic rings. The summed E-state index contributed by atoms with van der Waals surface area (Å²) < 4.78 is 5.58. The van der Waals surface area contributed by atoms with Gasteiger partial charge < -0.3 is 10.1 Å². The maximum atomic E-state index is 12.5. The van der Waals surface area contributed by atoms with Crippen LogP contribution in [-0.2, 0) is 9.59 Å². The molecule has 0 saturated carbocycles. The Kier molecular flexibility index (Phi) is 4.40. The van der Waals surface area contributed by atoms with E-state index in [9.17, 15) is 9.59 Å². The summed E-state index contributed by atoms with van der Waals surface area (Å²) in [5.74, 6) is 0.371. The number of hydrogen-bond acceptors (Lipinski definition) is 4. The van der Waals surface area contributed by atoms with Gasteiger partial charge in [0.15, 0.2) is 12.4 Å². The molecule has 7 heteroatoms. The van der Waals surface area contributed by atoms with Crippen molar-refractivity contribution in [3.8, 4) is 5.75 Å². The molecule has 24 heavy (non-hydrogen) atoms. The van der Waals surface area contributed by atoms with Crippen LogP contribution in [0.5, 0.6) is 5.75 Å². The predicted octanol–water partition coefficient (Wildman–Crippen LogP) is 2.72. The van der Waals surface area contributed by atoms with Crippen LogP contribution in [-0.4, -0.2) is 29.9 Å². The van der Waals surface area contributed by atoms with Gasteiger partial charge in [0.1, 0.15) is 12.3 Å². The minimum absolute atomic E-state index is 0.0832. The number of amides is 2. The minimum atomic E-state index is -0.344. The van der Waals surface area contributed by atoms with E-state index in [1.807, 2.05) is 13.8 Å². The lowest BCUT2D eigenvalue weighted by Gasteiger charge is -2.28. The Morgan fingerprint density at radius 1 is 1.38 bits per heavy atom. The lowest BCUT2D eigenvalue weighted by molar-refractivity contribution is -0.123. The number of anilines is 2. The van der Waals surface area contributed by atoms with Gasteiger partial charge in [-0.1, -0.05) is 17.7 Å². The monoisotopic (exact) mass is 345 g/mol. The average molecular weight is 346 g/mol. The van der Waals surface area contributed by atoms with Crippen molar-refractivity contribution in [2.75, 3.05) is 23.4 Å². The molecule has 1 aromatic carbocycles. The van der Waals surface area contributed by atoms with E-state index < -0.39 is 0 Å². The Hall–Kier alpha value is -2.60. The number of fused-ring (bicyclic) bond motifs is 1. The largest absolute Gasteiger partial charge is 0.483 e. The summed E-state index contributed by atoms with van der Waals surface area (Å²) in [6.45, 7) is 3.38. The summed E-state index contributed by atoms with van der Waals surface area (Å²) in [5, 5.41) is 3.32. The highest BCUT2D eigenvalue weighted by atomic mass is 35.5. The van der Waals surface area contributed by atoms with E-state index in [1.54, 1.807) is 30.5 Å². The zero-order valence-electron chi connectivity index (χ0n) is 13.3. The van der Waals surface area contributed by atoms with Crippen molar-refractivity contribution in [3.63, 3.8) is 0 Å². The third-order valence-electron chi connectivity index (χ3n) is 3.83. The number of carbonyl (C=O) groups excluding carboxylic acids is 2. The van der Waals surface area contributed by atoms with Crippen molar-refractivity contribution < 1.29 is 14.3 Å². The maximum absolute atomic E-state index is 12.5. The number of rotatable bonds is 3. The Labute approximate surface area is 144 Å². The summed E-state index contributed by atoms with van der Waals surface area (Å²) in [5.41, 5.74) is 2.16. The van der Waals surface area contributed by atoms with Crippen LogP contribution in [0.3, 0.4) is 0 Å². The SMILES string of the molecule is Cc1ccnc2c1NC(=O)CN2C(=O)COc1cccc(Cl)c1C. The average Bonchev–Trinajstić information content (AvgIpc) is 2.56. The van der Waals surface area contributed by atoms with Gasteiger partial charge >= 0.3 is 0 Å². The lowest BCUT2D eigenvalue weighted by atomic mass is 10.2. The van der Waals surface area contributed by atoms with Gasteiger partial charge in [-0.05, 0) is 37.6 Å². The van der Waals surface area contributed by atoms with Crippen LogP contribution in [0.15, 0.2) is 30.5 Å². The van der Waals surface area contributed by atoms with Crippen LogP contribution in [0.1, 0.15) is 11.1 Å². The molecular formula is C17H16ClN3O3. The first-order chi connectivity index (χ1) is 11.5. The van der Waals surface area contributed by atoms with Crippen LogP contribution in [0.25, 0.3) is 0 Å². The van der Waals surface area contributed by atoms with Gasteiger partial charge in [-0.3, -0.25) is 14.5 Å². The number of nitrogens with zero attached hydrogens (tertiary/aromatic N) is 2. The van der Waals surface area contributed by atoms with Crippen molar-refractivity contribution in [2.24, 2.45) is 0 Å². The van der Waals surface area contributed by atoms with Gasteiger partial charge in [-0.15, -0.1) is 0 Å². The second-order valence-electron chi connectivity index (χ2n) is 5.51. The Balaban J connectivity index is 1.80. The first-order valence-electron chi connectivity index (χ1n) is 7.41. The van der Waals surface area contributed by atoms with Gasteiger partial charge in [0.2, 0.25) is 5.91 Å². The van der Waals surface area contributed by atoms with Crippen molar-refractivity contribution in [2.45, 2.75) is 13.8 Å². The van der Waals surface area contributed by atoms with E-state index in [2.05, 4.69) is 10.3 Å². The van der Waals surface area contributed by atoms with E-state index in [0.29, 0.717) is 22.3 Å². The van der Waals surface area contributed by atoms with Crippen LogP contribution in [0.2, 0.25) is 5.02 Å². The second-order valence-corrected chi connectivity index (χ2v) is 5.91. The molecule has 2 amide bonds. The van der Waals surface area contributed by atoms with E-state index in [0.717, 1.165) is 11.1 Å². The number of carbonyl (C=O) groups is 2. The quantitative estimate of drug-likeness (QED) is 0.928. The number of ether oxygens (including phenoxy) is 1. The fourth-order valence-corrected chi connectivity index (χ4v) is 2.63. The molecule has 0 spiro atoms. The fourth-order valence-electron chi connectivity index (χ4n) is 2.47. The first kappa shape index (κ1) is 16.3. The third-order valence-corrected chi connectivity index (χ3v) is 4.24. The highest BCUT2D eigenvalue weighted by molar-refractivity contribution is 6.31. The molecule has 0 bridgehead atoms. The molecule has 124 valence electrons. The summed E-state index contributed by atoms with van der Waals surface area (Å²) in [4.78, 5) is 30.0. The smallest absolute Gasteiger partial charge is 0.266 e. The predicted molar refractivity (Wildman–Crippen MR) is 91.6 cm³/mol. The number of nitrogens with one attached hydrogen (secondary N) is 1. The topological polar surface area (TPSA) is 71.5 Å². The minimum Gasteiger partial charge on any atom is -0.483 e. The molecule has 1 aliphatic heterocycles.